The highest BCUT2D eigenvalue weighted by Gasteiger charge is 2.01. The summed E-state index contributed by atoms with van der Waals surface area (Å²) in [6.45, 7) is -0.211. The number of hydrogen-bond acceptors (Lipinski definition) is 3. The molecule has 0 amide bonds. The number of halogens is 1. The molecule has 0 heterocycles. The van der Waals surface area contributed by atoms with Crippen LogP contribution in [0, 0.1) is 0 Å². The summed E-state index contributed by atoms with van der Waals surface area (Å²) < 4.78 is 28.3. The van der Waals surface area contributed by atoms with Crippen LogP contribution in [0.5, 0.6) is 0 Å². The molecule has 1 unspecified atom stereocenters. The lowest BCUT2D eigenvalue weighted by Gasteiger charge is -2.04. The fourth-order valence-electron chi connectivity index (χ4n) is 2.51. The topological polar surface area (TPSA) is 43.4 Å². The number of carbonyl (C=O) groups excluding carboxylic acids is 1. The quantitative estimate of drug-likeness (QED) is 0.275. The minimum Gasteiger partial charge on any atom is -0.469 e. The first kappa shape index (κ1) is 22.6. The van der Waals surface area contributed by atoms with Gasteiger partial charge in [-0.25, -0.2) is 0 Å². The SMILES string of the molecule is COC(=O)CCCCCCCCCS(=O)CCCCCCCF. The molecule has 0 aromatic carbocycles. The number of esters is 1. The molecular formula is C18H35FO3S. The van der Waals surface area contributed by atoms with Gasteiger partial charge in [0, 0.05) is 28.7 Å². The van der Waals surface area contributed by atoms with Crippen LogP contribution >= 0.6 is 0 Å². The average Bonchev–Trinajstić information content (AvgIpc) is 2.56. The smallest absolute Gasteiger partial charge is 0.305 e. The van der Waals surface area contributed by atoms with Gasteiger partial charge in [0.25, 0.3) is 0 Å². The van der Waals surface area contributed by atoms with Crippen LogP contribution in [-0.2, 0) is 20.3 Å². The molecule has 0 saturated heterocycles. The van der Waals surface area contributed by atoms with Crippen molar-refractivity contribution in [2.75, 3.05) is 25.3 Å². The molecule has 0 aromatic rings. The largest absolute Gasteiger partial charge is 0.469 e. The van der Waals surface area contributed by atoms with Gasteiger partial charge in [0.05, 0.1) is 13.8 Å². The van der Waals surface area contributed by atoms with E-state index in [9.17, 15) is 13.4 Å². The molecule has 0 spiro atoms. The summed E-state index contributed by atoms with van der Waals surface area (Å²) in [6, 6.07) is 0. The normalized spacial score (nSPS) is 12.3. The van der Waals surface area contributed by atoms with E-state index in [0.717, 1.165) is 62.9 Å². The Morgan fingerprint density at radius 1 is 0.783 bits per heavy atom. The summed E-state index contributed by atoms with van der Waals surface area (Å²) >= 11 is 0. The maximum atomic E-state index is 11.9. The highest BCUT2D eigenvalue weighted by molar-refractivity contribution is 7.84. The Hall–Kier alpha value is -0.450. The number of rotatable bonds is 17. The summed E-state index contributed by atoms with van der Waals surface area (Å²) in [5.74, 6) is 1.52. The van der Waals surface area contributed by atoms with E-state index in [0.29, 0.717) is 12.8 Å². The summed E-state index contributed by atoms with van der Waals surface area (Å²) in [4.78, 5) is 10.9. The standard InChI is InChI=1S/C18H35FO3S/c1-22-18(20)14-10-6-3-2-4-8-12-16-23(21)17-13-9-5-7-11-15-19/h2-17H2,1H3. The fourth-order valence-corrected chi connectivity index (χ4v) is 3.76. The van der Waals surface area contributed by atoms with Gasteiger partial charge in [-0.1, -0.05) is 51.4 Å². The third-order valence-corrected chi connectivity index (χ3v) is 5.47. The Bertz CT molecular complexity index is 298. The van der Waals surface area contributed by atoms with Gasteiger partial charge in [0.1, 0.15) is 0 Å². The van der Waals surface area contributed by atoms with Crippen molar-refractivity contribution >= 4 is 16.8 Å². The van der Waals surface area contributed by atoms with Crippen LogP contribution in [-0.4, -0.2) is 35.5 Å². The molecule has 1 atom stereocenters. The van der Waals surface area contributed by atoms with E-state index < -0.39 is 10.8 Å². The fraction of sp³-hybridized carbons (Fsp3) is 0.944. The Morgan fingerprint density at radius 3 is 1.70 bits per heavy atom. The number of unbranched alkanes of at least 4 members (excludes halogenated alkanes) is 10. The van der Waals surface area contributed by atoms with Crippen molar-refractivity contribution in [2.24, 2.45) is 0 Å². The average molecular weight is 351 g/mol. The zero-order valence-corrected chi connectivity index (χ0v) is 15.6. The molecule has 138 valence electrons. The van der Waals surface area contributed by atoms with Crippen LogP contribution < -0.4 is 0 Å². The van der Waals surface area contributed by atoms with E-state index in [4.69, 9.17) is 0 Å². The van der Waals surface area contributed by atoms with Gasteiger partial charge in [0.2, 0.25) is 0 Å². The van der Waals surface area contributed by atoms with Crippen molar-refractivity contribution in [3.8, 4) is 0 Å². The van der Waals surface area contributed by atoms with Gasteiger partial charge in [-0.2, -0.15) is 0 Å². The molecule has 23 heavy (non-hydrogen) atoms. The lowest BCUT2D eigenvalue weighted by Crippen LogP contribution is -2.03. The lowest BCUT2D eigenvalue weighted by atomic mass is 10.1. The van der Waals surface area contributed by atoms with Crippen LogP contribution in [0.2, 0.25) is 0 Å². The molecule has 0 radical (unpaired) electrons. The predicted molar refractivity (Wildman–Crippen MR) is 95.9 cm³/mol. The second-order valence-electron chi connectivity index (χ2n) is 6.11. The summed E-state index contributed by atoms with van der Waals surface area (Å²) in [6.07, 6.45) is 13.1. The molecule has 0 bridgehead atoms. The first-order chi connectivity index (χ1) is 11.2. The Kier molecular flexibility index (Phi) is 17.5. The molecule has 0 aromatic heterocycles. The number of alkyl halides is 1. The predicted octanol–water partition coefficient (Wildman–Crippen LogP) is 4.95. The second kappa shape index (κ2) is 17.9. The van der Waals surface area contributed by atoms with Crippen molar-refractivity contribution in [3.05, 3.63) is 0 Å². The molecule has 0 fully saturated rings. The second-order valence-corrected chi connectivity index (χ2v) is 7.80. The van der Waals surface area contributed by atoms with E-state index in [-0.39, 0.29) is 12.6 Å². The number of hydrogen-bond donors (Lipinski definition) is 0. The number of ether oxygens (including phenoxy) is 1. The van der Waals surface area contributed by atoms with Gasteiger partial charge in [-0.3, -0.25) is 13.4 Å². The van der Waals surface area contributed by atoms with Crippen molar-refractivity contribution in [3.63, 3.8) is 0 Å². The maximum absolute atomic E-state index is 11.9. The summed E-state index contributed by atoms with van der Waals surface area (Å²) in [5, 5.41) is 0. The zero-order chi connectivity index (χ0) is 17.2. The number of methoxy groups -OCH3 is 1. The van der Waals surface area contributed by atoms with E-state index >= 15 is 0 Å². The maximum Gasteiger partial charge on any atom is 0.305 e. The Balaban J connectivity index is 3.19. The first-order valence-corrected chi connectivity index (χ1v) is 10.7. The Morgan fingerprint density at radius 2 is 1.22 bits per heavy atom. The van der Waals surface area contributed by atoms with Gasteiger partial charge in [-0.15, -0.1) is 0 Å². The molecule has 0 rings (SSSR count). The monoisotopic (exact) mass is 350 g/mol. The van der Waals surface area contributed by atoms with E-state index in [1.165, 1.54) is 26.4 Å². The van der Waals surface area contributed by atoms with E-state index in [2.05, 4.69) is 4.74 Å². The summed E-state index contributed by atoms with van der Waals surface area (Å²) in [7, 11) is 0.760. The number of carbonyl (C=O) groups is 1. The minimum absolute atomic E-state index is 0.116. The minimum atomic E-state index is -0.669. The van der Waals surface area contributed by atoms with Gasteiger partial charge < -0.3 is 4.74 Å². The van der Waals surface area contributed by atoms with Crippen LogP contribution in [0.25, 0.3) is 0 Å². The van der Waals surface area contributed by atoms with Gasteiger partial charge in [0.15, 0.2) is 0 Å². The van der Waals surface area contributed by atoms with Crippen molar-refractivity contribution in [1.29, 1.82) is 0 Å². The van der Waals surface area contributed by atoms with Crippen molar-refractivity contribution in [2.45, 2.75) is 83.5 Å². The Labute approximate surface area is 144 Å². The van der Waals surface area contributed by atoms with Crippen LogP contribution in [0.4, 0.5) is 4.39 Å². The third-order valence-electron chi connectivity index (χ3n) is 3.99. The molecule has 5 heteroatoms. The highest BCUT2D eigenvalue weighted by Crippen LogP contribution is 2.10. The molecule has 3 nitrogen and oxygen atoms in total. The zero-order valence-electron chi connectivity index (χ0n) is 14.8. The van der Waals surface area contributed by atoms with Crippen LogP contribution in [0.1, 0.15) is 83.5 Å². The van der Waals surface area contributed by atoms with E-state index in [1.807, 2.05) is 0 Å². The molecule has 0 saturated carbocycles. The highest BCUT2D eigenvalue weighted by atomic mass is 32.2. The van der Waals surface area contributed by atoms with Gasteiger partial charge in [-0.05, 0) is 25.7 Å². The molecule has 0 aliphatic carbocycles. The molecule has 0 aliphatic rings. The van der Waals surface area contributed by atoms with Crippen LogP contribution in [0.15, 0.2) is 0 Å². The lowest BCUT2D eigenvalue weighted by molar-refractivity contribution is -0.140. The first-order valence-electron chi connectivity index (χ1n) is 9.18. The third kappa shape index (κ3) is 17.7. The van der Waals surface area contributed by atoms with Crippen molar-refractivity contribution in [1.82, 2.24) is 0 Å². The molecule has 0 aliphatic heterocycles. The van der Waals surface area contributed by atoms with E-state index in [1.54, 1.807) is 0 Å². The summed E-state index contributed by atoms with van der Waals surface area (Å²) in [5.41, 5.74) is 0. The molecule has 0 N–H and O–H groups in total. The van der Waals surface area contributed by atoms with Crippen LogP contribution in [0.3, 0.4) is 0 Å². The van der Waals surface area contributed by atoms with Crippen molar-refractivity contribution < 1.29 is 18.1 Å². The van der Waals surface area contributed by atoms with Gasteiger partial charge >= 0.3 is 5.97 Å². The molecular weight excluding hydrogens is 315 g/mol.